The van der Waals surface area contributed by atoms with Crippen LogP contribution in [0.4, 0.5) is 11.6 Å². The predicted molar refractivity (Wildman–Crippen MR) is 63.7 cm³/mol. The zero-order chi connectivity index (χ0) is 12.3. The molecule has 1 radical (unpaired) electrons. The third-order valence-corrected chi connectivity index (χ3v) is 3.40. The molecule has 3 N–H and O–H groups in total. The molecule has 2 rings (SSSR count). The first kappa shape index (κ1) is 14.7. The molecule has 2 aromatic rings. The minimum atomic E-state index is -3.74. The van der Waals surface area contributed by atoms with Gasteiger partial charge in [0.25, 0.3) is 10.0 Å². The summed E-state index contributed by atoms with van der Waals surface area (Å²) < 4.78 is 26.1. The normalized spacial score (nSPS) is 10.4. The van der Waals surface area contributed by atoms with Crippen molar-refractivity contribution in [3.8, 4) is 0 Å². The summed E-state index contributed by atoms with van der Waals surface area (Å²) >= 11 is 0. The number of nitrogen functional groups attached to an aromatic ring is 1. The maximum atomic E-state index is 12.0. The average Bonchev–Trinajstić information content (AvgIpc) is 2.30. The molecule has 6 nitrogen and oxygen atoms in total. The summed E-state index contributed by atoms with van der Waals surface area (Å²) in [4.78, 5) is 7.56. The van der Waals surface area contributed by atoms with E-state index >= 15 is 0 Å². The molecule has 99 valence electrons. The van der Waals surface area contributed by atoms with E-state index < -0.39 is 10.0 Å². The second kappa shape index (κ2) is 5.96. The molecule has 0 aliphatic heterocycles. The Morgan fingerprint density at radius 3 is 2.28 bits per heavy atom. The fourth-order valence-corrected chi connectivity index (χ4v) is 2.34. The molecule has 0 fully saturated rings. The van der Waals surface area contributed by atoms with E-state index in [2.05, 4.69) is 14.7 Å². The van der Waals surface area contributed by atoms with Gasteiger partial charge in [0.05, 0.1) is 5.69 Å². The number of nitrogens with zero attached hydrogens (tertiary/aromatic N) is 2. The summed E-state index contributed by atoms with van der Waals surface area (Å²) in [5.74, 6) is 0.00996. The fraction of sp³-hybridized carbons (Fsp3) is 0. The summed E-state index contributed by atoms with van der Waals surface area (Å²) in [6, 6.07) is 7.78. The number of anilines is 2. The van der Waals surface area contributed by atoms with Crippen LogP contribution in [0.1, 0.15) is 0 Å². The van der Waals surface area contributed by atoms with Crippen molar-refractivity contribution in [2.45, 2.75) is 4.90 Å². The number of hydrogen-bond donors (Lipinski definition) is 2. The molecule has 0 aliphatic rings. The molecule has 8 heteroatoms. The maximum Gasteiger partial charge on any atom is 0.266 e. The van der Waals surface area contributed by atoms with Crippen molar-refractivity contribution in [2.75, 3.05) is 10.5 Å². The van der Waals surface area contributed by atoms with Crippen LogP contribution in [0.2, 0.25) is 0 Å². The Morgan fingerprint density at radius 2 is 1.67 bits per heavy atom. The first-order valence-corrected chi connectivity index (χ1v) is 6.22. The van der Waals surface area contributed by atoms with Crippen LogP contribution in [0.25, 0.3) is 0 Å². The van der Waals surface area contributed by atoms with E-state index in [1.165, 1.54) is 24.5 Å². The number of rotatable bonds is 3. The Kier molecular flexibility index (Phi) is 4.85. The molecule has 1 aromatic carbocycles. The van der Waals surface area contributed by atoms with Gasteiger partial charge in [-0.1, -0.05) is 12.1 Å². The Bertz CT molecular complexity index is 619. The molecule has 1 aromatic heterocycles. The molecule has 0 unspecified atom stereocenters. The van der Waals surface area contributed by atoms with Crippen molar-refractivity contribution in [2.24, 2.45) is 0 Å². The molecule has 0 saturated carbocycles. The summed E-state index contributed by atoms with van der Waals surface area (Å²) in [6.45, 7) is 0. The monoisotopic (exact) mass is 357 g/mol. The van der Waals surface area contributed by atoms with Gasteiger partial charge in [-0.2, -0.15) is 0 Å². The summed E-state index contributed by atoms with van der Waals surface area (Å²) in [7, 11) is -3.74. The average molecular weight is 358 g/mol. The van der Waals surface area contributed by atoms with Gasteiger partial charge in [-0.25, -0.2) is 23.1 Å². The van der Waals surface area contributed by atoms with Gasteiger partial charge in [0, 0.05) is 34.8 Å². The number of hydrogen-bond acceptors (Lipinski definition) is 5. The molecule has 0 aliphatic carbocycles. The van der Waals surface area contributed by atoms with Crippen molar-refractivity contribution in [1.82, 2.24) is 9.97 Å². The van der Waals surface area contributed by atoms with Gasteiger partial charge in [-0.05, 0) is 18.2 Å². The fourth-order valence-electron chi connectivity index (χ4n) is 1.25. The predicted octanol–water partition coefficient (Wildman–Crippen LogP) is 0.857. The van der Waals surface area contributed by atoms with Crippen molar-refractivity contribution < 1.29 is 30.8 Å². The summed E-state index contributed by atoms with van der Waals surface area (Å²) in [5.41, 5.74) is 5.78. The minimum Gasteiger partial charge on any atom is -0.398 e. The zero-order valence-corrected chi connectivity index (χ0v) is 11.3. The van der Waals surface area contributed by atoms with Gasteiger partial charge in [0.1, 0.15) is 4.90 Å². The van der Waals surface area contributed by atoms with Crippen molar-refractivity contribution in [3.63, 3.8) is 0 Å². The van der Waals surface area contributed by atoms with Crippen LogP contribution in [0.3, 0.4) is 0 Å². The molecule has 0 spiro atoms. The third-order valence-electron chi connectivity index (χ3n) is 2.00. The summed E-state index contributed by atoms with van der Waals surface area (Å²) in [5, 5.41) is 0. The van der Waals surface area contributed by atoms with Crippen molar-refractivity contribution >= 4 is 21.7 Å². The Labute approximate surface area is 120 Å². The largest absolute Gasteiger partial charge is 0.398 e. The molecule has 0 bridgehead atoms. The van der Waals surface area contributed by atoms with Gasteiger partial charge < -0.3 is 5.73 Å². The van der Waals surface area contributed by atoms with Crippen molar-refractivity contribution in [1.29, 1.82) is 0 Å². The second-order valence-corrected chi connectivity index (χ2v) is 4.87. The summed E-state index contributed by atoms with van der Waals surface area (Å²) in [6.07, 6.45) is 2.89. The Balaban J connectivity index is 0.00000162. The molecule has 0 saturated heterocycles. The molecular formula is C10H10AgN4O2S. The Hall–Kier alpha value is -1.41. The van der Waals surface area contributed by atoms with Crippen LogP contribution in [0, 0.1) is 0 Å². The standard InChI is InChI=1S/C10H10N4O2S.Ag/c11-8-4-1-2-5-9(8)17(15,16)14-10-12-6-3-7-13-10;/h1-7H,11H2,(H,12,13,14);. The minimum absolute atomic E-state index is 0. The van der Waals surface area contributed by atoms with Gasteiger partial charge in [0.15, 0.2) is 0 Å². The van der Waals surface area contributed by atoms with Crippen LogP contribution in [-0.4, -0.2) is 18.4 Å². The number of para-hydroxylation sites is 1. The first-order chi connectivity index (χ1) is 8.09. The first-order valence-electron chi connectivity index (χ1n) is 4.74. The molecular weight excluding hydrogens is 348 g/mol. The second-order valence-electron chi connectivity index (χ2n) is 3.22. The number of sulfonamides is 1. The van der Waals surface area contributed by atoms with Crippen LogP contribution >= 0.6 is 0 Å². The molecule has 0 atom stereocenters. The zero-order valence-electron chi connectivity index (χ0n) is 9.04. The van der Waals surface area contributed by atoms with Gasteiger partial charge >= 0.3 is 0 Å². The Morgan fingerprint density at radius 1 is 1.06 bits per heavy atom. The smallest absolute Gasteiger partial charge is 0.266 e. The van der Waals surface area contributed by atoms with E-state index in [1.807, 2.05) is 0 Å². The molecule has 0 amide bonds. The van der Waals surface area contributed by atoms with Gasteiger partial charge in [-0.15, -0.1) is 0 Å². The van der Waals surface area contributed by atoms with E-state index in [1.54, 1.807) is 18.2 Å². The van der Waals surface area contributed by atoms with Crippen LogP contribution in [0.5, 0.6) is 0 Å². The van der Waals surface area contributed by atoms with E-state index in [0.717, 1.165) is 0 Å². The number of nitrogens with two attached hydrogens (primary N) is 1. The van der Waals surface area contributed by atoms with E-state index in [4.69, 9.17) is 5.73 Å². The van der Waals surface area contributed by atoms with E-state index in [-0.39, 0.29) is 38.9 Å². The van der Waals surface area contributed by atoms with Crippen LogP contribution < -0.4 is 10.5 Å². The topological polar surface area (TPSA) is 98.0 Å². The van der Waals surface area contributed by atoms with Crippen LogP contribution in [-0.2, 0) is 32.4 Å². The number of aromatic nitrogens is 2. The van der Waals surface area contributed by atoms with Crippen molar-refractivity contribution in [3.05, 3.63) is 42.7 Å². The van der Waals surface area contributed by atoms with Gasteiger partial charge in [0.2, 0.25) is 5.95 Å². The number of nitrogens with one attached hydrogen (secondary N) is 1. The maximum absolute atomic E-state index is 12.0. The van der Waals surface area contributed by atoms with E-state index in [9.17, 15) is 8.42 Å². The van der Waals surface area contributed by atoms with Gasteiger partial charge in [-0.3, -0.25) is 0 Å². The van der Waals surface area contributed by atoms with Crippen LogP contribution in [0.15, 0.2) is 47.6 Å². The third kappa shape index (κ3) is 3.30. The quantitative estimate of drug-likeness (QED) is 0.627. The number of benzene rings is 1. The van der Waals surface area contributed by atoms with E-state index in [0.29, 0.717) is 0 Å². The molecule has 1 heterocycles. The molecule has 18 heavy (non-hydrogen) atoms. The SMILES string of the molecule is Nc1ccccc1S(=O)(=O)Nc1ncccn1.[Ag].